The van der Waals surface area contributed by atoms with Crippen LogP contribution in [0.5, 0.6) is 0 Å². The summed E-state index contributed by atoms with van der Waals surface area (Å²) in [5.74, 6) is 0. The molecule has 0 radical (unpaired) electrons. The summed E-state index contributed by atoms with van der Waals surface area (Å²) in [6, 6.07) is 17.7. The van der Waals surface area contributed by atoms with Gasteiger partial charge in [-0.25, -0.2) is 4.79 Å². The van der Waals surface area contributed by atoms with E-state index in [4.69, 9.17) is 11.6 Å². The van der Waals surface area contributed by atoms with Crippen LogP contribution in [-0.2, 0) is 0 Å². The van der Waals surface area contributed by atoms with E-state index in [-0.39, 0.29) is 6.03 Å². The maximum Gasteiger partial charge on any atom is 0.321 e. The first kappa shape index (κ1) is 15.7. The second-order valence-corrected chi connectivity index (χ2v) is 6.15. The van der Waals surface area contributed by atoms with Crippen molar-refractivity contribution in [1.29, 1.82) is 0 Å². The number of nitrogens with one attached hydrogen (secondary N) is 2. The normalized spacial score (nSPS) is 15.3. The highest BCUT2D eigenvalue weighted by Gasteiger charge is 2.22. The first-order valence-electron chi connectivity index (χ1n) is 7.84. The third kappa shape index (κ3) is 4.39. The predicted octanol–water partition coefficient (Wildman–Crippen LogP) is 4.45. The number of amides is 2. The third-order valence-electron chi connectivity index (χ3n) is 4.00. The molecular formula is C18H20ClN3O. The predicted molar refractivity (Wildman–Crippen MR) is 95.1 cm³/mol. The minimum Gasteiger partial charge on any atom is -0.382 e. The Morgan fingerprint density at radius 3 is 2.39 bits per heavy atom. The van der Waals surface area contributed by atoms with Crippen LogP contribution in [0.25, 0.3) is 0 Å². The van der Waals surface area contributed by atoms with Crippen LogP contribution in [0, 0.1) is 0 Å². The summed E-state index contributed by atoms with van der Waals surface area (Å²) in [4.78, 5) is 14.1. The molecule has 120 valence electrons. The molecule has 23 heavy (non-hydrogen) atoms. The van der Waals surface area contributed by atoms with E-state index < -0.39 is 0 Å². The van der Waals surface area contributed by atoms with Crippen molar-refractivity contribution in [3.05, 3.63) is 59.6 Å². The Labute approximate surface area is 141 Å². The number of rotatable bonds is 3. The van der Waals surface area contributed by atoms with Gasteiger partial charge in [0.1, 0.15) is 0 Å². The Balaban J connectivity index is 1.49. The molecular weight excluding hydrogens is 310 g/mol. The van der Waals surface area contributed by atoms with E-state index in [1.807, 2.05) is 35.2 Å². The lowest BCUT2D eigenvalue weighted by Gasteiger charge is -2.33. The van der Waals surface area contributed by atoms with Crippen molar-refractivity contribution in [2.24, 2.45) is 0 Å². The number of para-hydroxylation sites is 1. The molecule has 0 saturated carbocycles. The zero-order chi connectivity index (χ0) is 16.1. The molecule has 3 rings (SSSR count). The van der Waals surface area contributed by atoms with Crippen molar-refractivity contribution < 1.29 is 4.79 Å². The highest BCUT2D eigenvalue weighted by Crippen LogP contribution is 2.19. The zero-order valence-corrected chi connectivity index (χ0v) is 13.6. The second kappa shape index (κ2) is 7.38. The number of piperidine rings is 1. The summed E-state index contributed by atoms with van der Waals surface area (Å²) in [6.07, 6.45) is 1.88. The summed E-state index contributed by atoms with van der Waals surface area (Å²) in [7, 11) is 0. The van der Waals surface area contributed by atoms with Crippen LogP contribution in [0.3, 0.4) is 0 Å². The van der Waals surface area contributed by atoms with Gasteiger partial charge in [0, 0.05) is 35.5 Å². The molecule has 0 bridgehead atoms. The first-order chi connectivity index (χ1) is 11.2. The highest BCUT2D eigenvalue weighted by atomic mass is 35.5. The fraction of sp³-hybridized carbons (Fsp3) is 0.278. The van der Waals surface area contributed by atoms with Gasteiger partial charge in [-0.05, 0) is 43.2 Å². The molecule has 1 saturated heterocycles. The molecule has 4 nitrogen and oxygen atoms in total. The Kier molecular flexibility index (Phi) is 5.03. The number of urea groups is 1. The molecule has 0 unspecified atom stereocenters. The molecule has 2 amide bonds. The maximum absolute atomic E-state index is 12.3. The monoisotopic (exact) mass is 329 g/mol. The van der Waals surface area contributed by atoms with E-state index in [0.29, 0.717) is 11.1 Å². The summed E-state index contributed by atoms with van der Waals surface area (Å²) >= 11 is 5.94. The average molecular weight is 330 g/mol. The number of likely N-dealkylation sites (tertiary alicyclic amines) is 1. The zero-order valence-electron chi connectivity index (χ0n) is 12.8. The summed E-state index contributed by atoms with van der Waals surface area (Å²) in [6.45, 7) is 1.49. The van der Waals surface area contributed by atoms with Gasteiger partial charge in [0.25, 0.3) is 0 Å². The molecule has 5 heteroatoms. The average Bonchev–Trinajstić information content (AvgIpc) is 2.56. The first-order valence-corrected chi connectivity index (χ1v) is 8.21. The number of halogens is 1. The third-order valence-corrected chi connectivity index (χ3v) is 4.24. The molecule has 2 aromatic carbocycles. The van der Waals surface area contributed by atoms with E-state index in [1.54, 1.807) is 12.1 Å². The molecule has 0 aromatic heterocycles. The molecule has 2 aromatic rings. The molecule has 0 aliphatic carbocycles. The Morgan fingerprint density at radius 2 is 1.70 bits per heavy atom. The number of anilines is 2. The van der Waals surface area contributed by atoms with Crippen LogP contribution in [0.2, 0.25) is 5.02 Å². The smallest absolute Gasteiger partial charge is 0.321 e. The lowest BCUT2D eigenvalue weighted by Crippen LogP contribution is -2.44. The van der Waals surface area contributed by atoms with E-state index in [9.17, 15) is 4.79 Å². The number of nitrogens with zero attached hydrogens (tertiary/aromatic N) is 1. The van der Waals surface area contributed by atoms with Crippen LogP contribution < -0.4 is 10.6 Å². The largest absolute Gasteiger partial charge is 0.382 e. The van der Waals surface area contributed by atoms with Gasteiger partial charge in [0.05, 0.1) is 0 Å². The topological polar surface area (TPSA) is 44.4 Å². The minimum absolute atomic E-state index is 0.0644. The van der Waals surface area contributed by atoms with Crippen LogP contribution in [0.1, 0.15) is 12.8 Å². The molecule has 1 heterocycles. The minimum atomic E-state index is -0.0644. The maximum atomic E-state index is 12.3. The number of benzene rings is 2. The van der Waals surface area contributed by atoms with Gasteiger partial charge in [-0.15, -0.1) is 0 Å². The van der Waals surface area contributed by atoms with E-state index in [1.165, 1.54) is 0 Å². The quantitative estimate of drug-likeness (QED) is 0.873. The van der Waals surface area contributed by atoms with Gasteiger partial charge >= 0.3 is 6.03 Å². The standard InChI is InChI=1S/C18H20ClN3O/c19-14-5-4-8-17(13-14)21-18(23)22-11-9-16(10-12-22)20-15-6-2-1-3-7-15/h1-8,13,16,20H,9-12H2,(H,21,23). The molecule has 0 spiro atoms. The second-order valence-electron chi connectivity index (χ2n) is 5.71. The van der Waals surface area contributed by atoms with Gasteiger partial charge in [0.2, 0.25) is 0 Å². The fourth-order valence-electron chi connectivity index (χ4n) is 2.77. The number of hydrogen-bond acceptors (Lipinski definition) is 2. The lowest BCUT2D eigenvalue weighted by molar-refractivity contribution is 0.197. The van der Waals surface area contributed by atoms with E-state index in [2.05, 4.69) is 22.8 Å². The fourth-order valence-corrected chi connectivity index (χ4v) is 2.96. The van der Waals surface area contributed by atoms with E-state index >= 15 is 0 Å². The SMILES string of the molecule is O=C(Nc1cccc(Cl)c1)N1CCC(Nc2ccccc2)CC1. The van der Waals surface area contributed by atoms with Crippen molar-refractivity contribution in [3.63, 3.8) is 0 Å². The Bertz CT molecular complexity index is 654. The van der Waals surface area contributed by atoms with E-state index in [0.717, 1.165) is 37.3 Å². The highest BCUT2D eigenvalue weighted by molar-refractivity contribution is 6.30. The molecule has 0 atom stereocenters. The number of carbonyl (C=O) groups is 1. The molecule has 1 aliphatic heterocycles. The Morgan fingerprint density at radius 1 is 1.00 bits per heavy atom. The lowest BCUT2D eigenvalue weighted by atomic mass is 10.0. The van der Waals surface area contributed by atoms with Gasteiger partial charge in [0.15, 0.2) is 0 Å². The van der Waals surface area contributed by atoms with Crippen LogP contribution in [0.4, 0.5) is 16.2 Å². The number of hydrogen-bond donors (Lipinski definition) is 2. The van der Waals surface area contributed by atoms with Gasteiger partial charge < -0.3 is 15.5 Å². The van der Waals surface area contributed by atoms with Crippen LogP contribution >= 0.6 is 11.6 Å². The van der Waals surface area contributed by atoms with Gasteiger partial charge in [-0.2, -0.15) is 0 Å². The molecule has 2 N–H and O–H groups in total. The van der Waals surface area contributed by atoms with Gasteiger partial charge in [-0.1, -0.05) is 35.9 Å². The summed E-state index contributed by atoms with van der Waals surface area (Å²) in [5, 5.41) is 7.04. The van der Waals surface area contributed by atoms with Crippen molar-refractivity contribution >= 4 is 29.0 Å². The van der Waals surface area contributed by atoms with Crippen molar-refractivity contribution in [2.75, 3.05) is 23.7 Å². The summed E-state index contributed by atoms with van der Waals surface area (Å²) in [5.41, 5.74) is 1.86. The van der Waals surface area contributed by atoms with Crippen molar-refractivity contribution in [1.82, 2.24) is 4.90 Å². The number of carbonyl (C=O) groups excluding carboxylic acids is 1. The van der Waals surface area contributed by atoms with Crippen molar-refractivity contribution in [2.45, 2.75) is 18.9 Å². The van der Waals surface area contributed by atoms with Crippen LogP contribution in [0.15, 0.2) is 54.6 Å². The molecule has 1 aliphatic rings. The van der Waals surface area contributed by atoms with Crippen molar-refractivity contribution in [3.8, 4) is 0 Å². The van der Waals surface area contributed by atoms with Crippen LogP contribution in [-0.4, -0.2) is 30.1 Å². The molecule has 1 fully saturated rings. The Hall–Kier alpha value is -2.20. The summed E-state index contributed by atoms with van der Waals surface area (Å²) < 4.78 is 0. The van der Waals surface area contributed by atoms with Gasteiger partial charge in [-0.3, -0.25) is 0 Å².